The average Bonchev–Trinajstić information content (AvgIpc) is 2.79. The molecule has 0 saturated carbocycles. The molecule has 1 aliphatic heterocycles. The quantitative estimate of drug-likeness (QED) is 0.861. The Bertz CT molecular complexity index is 647. The molecule has 0 fully saturated rings. The van der Waals surface area contributed by atoms with Crippen LogP contribution in [0.5, 0.6) is 0 Å². The minimum absolute atomic E-state index is 0. The molecule has 1 atom stereocenters. The van der Waals surface area contributed by atoms with Gasteiger partial charge in [-0.1, -0.05) is 36.8 Å². The first kappa shape index (κ1) is 20.4. The van der Waals surface area contributed by atoms with Gasteiger partial charge in [-0.2, -0.15) is 0 Å². The van der Waals surface area contributed by atoms with Crippen LogP contribution in [-0.2, 0) is 24.3 Å². The number of aryl methyl sites for hydroxylation is 1. The fourth-order valence-corrected chi connectivity index (χ4v) is 2.76. The summed E-state index contributed by atoms with van der Waals surface area (Å²) < 4.78 is 2.13. The van der Waals surface area contributed by atoms with Crippen LogP contribution in [0.2, 0.25) is 0 Å². The van der Waals surface area contributed by atoms with Gasteiger partial charge in [0.25, 0.3) is 0 Å². The van der Waals surface area contributed by atoms with E-state index in [0.717, 1.165) is 43.0 Å². The molecule has 2 heterocycles. The first-order valence-electron chi connectivity index (χ1n) is 7.75. The number of hydrogen-bond acceptors (Lipinski definition) is 4. The van der Waals surface area contributed by atoms with Crippen LogP contribution < -0.4 is 11.1 Å². The molecule has 24 heavy (non-hydrogen) atoms. The average molecular weight is 372 g/mol. The second-order valence-corrected chi connectivity index (χ2v) is 5.60. The molecule has 0 spiro atoms. The van der Waals surface area contributed by atoms with Gasteiger partial charge in [0, 0.05) is 13.0 Å². The second-order valence-electron chi connectivity index (χ2n) is 5.60. The molecule has 1 aliphatic rings. The van der Waals surface area contributed by atoms with E-state index < -0.39 is 6.04 Å². The van der Waals surface area contributed by atoms with E-state index in [1.807, 2.05) is 30.3 Å². The highest BCUT2D eigenvalue weighted by Crippen LogP contribution is 2.15. The van der Waals surface area contributed by atoms with E-state index in [9.17, 15) is 4.79 Å². The molecule has 1 aromatic carbocycles. The van der Waals surface area contributed by atoms with Crippen LogP contribution in [0.15, 0.2) is 30.3 Å². The molecule has 1 unspecified atom stereocenters. The Labute approximate surface area is 154 Å². The summed E-state index contributed by atoms with van der Waals surface area (Å²) in [5.41, 5.74) is 6.79. The van der Waals surface area contributed by atoms with E-state index in [2.05, 4.69) is 20.1 Å². The van der Waals surface area contributed by atoms with Crippen LogP contribution in [0.1, 0.15) is 42.5 Å². The number of nitrogens with zero attached hydrogens (tertiary/aromatic N) is 3. The van der Waals surface area contributed by atoms with Crippen molar-refractivity contribution in [3.05, 3.63) is 47.5 Å². The largest absolute Gasteiger partial charge is 0.347 e. The lowest BCUT2D eigenvalue weighted by Gasteiger charge is -2.13. The molecule has 2 aromatic rings. The SMILES string of the molecule is Cl.Cl.NC(C(=O)NCc1nnc2n1CCCCC2)c1ccccc1. The van der Waals surface area contributed by atoms with Crippen LogP contribution in [0.25, 0.3) is 0 Å². The highest BCUT2D eigenvalue weighted by atomic mass is 35.5. The summed E-state index contributed by atoms with van der Waals surface area (Å²) in [4.78, 5) is 12.2. The van der Waals surface area contributed by atoms with E-state index in [4.69, 9.17) is 5.73 Å². The first-order valence-corrected chi connectivity index (χ1v) is 7.75. The maximum atomic E-state index is 12.2. The van der Waals surface area contributed by atoms with Gasteiger partial charge in [-0.15, -0.1) is 35.0 Å². The summed E-state index contributed by atoms with van der Waals surface area (Å²) in [6, 6.07) is 8.70. The van der Waals surface area contributed by atoms with Gasteiger partial charge in [0.2, 0.25) is 5.91 Å². The summed E-state index contributed by atoms with van der Waals surface area (Å²) >= 11 is 0. The predicted molar refractivity (Wildman–Crippen MR) is 97.3 cm³/mol. The third kappa shape index (κ3) is 4.69. The van der Waals surface area contributed by atoms with Gasteiger partial charge in [-0.05, 0) is 18.4 Å². The van der Waals surface area contributed by atoms with Crippen molar-refractivity contribution in [2.24, 2.45) is 5.73 Å². The van der Waals surface area contributed by atoms with Gasteiger partial charge in [0.05, 0.1) is 6.54 Å². The Morgan fingerprint density at radius 3 is 2.67 bits per heavy atom. The van der Waals surface area contributed by atoms with Crippen LogP contribution >= 0.6 is 24.8 Å². The third-order valence-electron chi connectivity index (χ3n) is 4.05. The first-order chi connectivity index (χ1) is 10.8. The molecule has 0 radical (unpaired) electrons. The number of rotatable bonds is 4. The summed E-state index contributed by atoms with van der Waals surface area (Å²) in [6.45, 7) is 1.30. The fraction of sp³-hybridized carbons (Fsp3) is 0.438. The Morgan fingerprint density at radius 1 is 1.17 bits per heavy atom. The van der Waals surface area contributed by atoms with Crippen molar-refractivity contribution in [1.82, 2.24) is 20.1 Å². The summed E-state index contributed by atoms with van der Waals surface area (Å²) in [5, 5.41) is 11.3. The molecule has 1 aromatic heterocycles. The Balaban J connectivity index is 0.00000144. The van der Waals surface area contributed by atoms with Crippen molar-refractivity contribution in [3.8, 4) is 0 Å². The molecule has 3 rings (SSSR count). The molecule has 3 N–H and O–H groups in total. The number of aromatic nitrogens is 3. The number of hydrogen-bond donors (Lipinski definition) is 2. The number of nitrogens with two attached hydrogens (primary N) is 1. The van der Waals surface area contributed by atoms with E-state index in [0.29, 0.717) is 6.54 Å². The number of halogens is 2. The second kappa shape index (κ2) is 9.61. The van der Waals surface area contributed by atoms with Crippen LogP contribution in [0.4, 0.5) is 0 Å². The van der Waals surface area contributed by atoms with Crippen LogP contribution in [-0.4, -0.2) is 20.7 Å². The Morgan fingerprint density at radius 2 is 1.92 bits per heavy atom. The number of carbonyl (C=O) groups excluding carboxylic acids is 1. The van der Waals surface area contributed by atoms with Crippen molar-refractivity contribution >= 4 is 30.7 Å². The zero-order valence-corrected chi connectivity index (χ0v) is 15.0. The minimum Gasteiger partial charge on any atom is -0.347 e. The third-order valence-corrected chi connectivity index (χ3v) is 4.05. The number of fused-ring (bicyclic) bond motifs is 1. The molecule has 0 aliphatic carbocycles. The number of carbonyl (C=O) groups is 1. The lowest BCUT2D eigenvalue weighted by molar-refractivity contribution is -0.122. The highest BCUT2D eigenvalue weighted by Gasteiger charge is 2.18. The van der Waals surface area contributed by atoms with Crippen molar-refractivity contribution in [2.45, 2.75) is 44.8 Å². The van der Waals surface area contributed by atoms with Gasteiger partial charge < -0.3 is 15.6 Å². The topological polar surface area (TPSA) is 85.8 Å². The van der Waals surface area contributed by atoms with Crippen LogP contribution in [0, 0.1) is 0 Å². The predicted octanol–water partition coefficient (Wildman–Crippen LogP) is 2.16. The normalized spacial score (nSPS) is 14.4. The molecule has 1 amide bonds. The molecular weight excluding hydrogens is 349 g/mol. The van der Waals surface area contributed by atoms with E-state index >= 15 is 0 Å². The van der Waals surface area contributed by atoms with Gasteiger partial charge in [0.1, 0.15) is 11.9 Å². The molecule has 0 bridgehead atoms. The fourth-order valence-electron chi connectivity index (χ4n) is 2.76. The van der Waals surface area contributed by atoms with E-state index in [-0.39, 0.29) is 30.7 Å². The van der Waals surface area contributed by atoms with Gasteiger partial charge in [0.15, 0.2) is 5.82 Å². The van der Waals surface area contributed by atoms with Gasteiger partial charge >= 0.3 is 0 Å². The molecule has 132 valence electrons. The van der Waals surface area contributed by atoms with Gasteiger partial charge in [-0.25, -0.2) is 0 Å². The molecule has 8 heteroatoms. The minimum atomic E-state index is -0.660. The van der Waals surface area contributed by atoms with Crippen molar-refractivity contribution in [2.75, 3.05) is 0 Å². The maximum Gasteiger partial charge on any atom is 0.241 e. The number of benzene rings is 1. The summed E-state index contributed by atoms with van der Waals surface area (Å²) in [5.74, 6) is 1.64. The van der Waals surface area contributed by atoms with E-state index in [1.165, 1.54) is 6.42 Å². The monoisotopic (exact) mass is 371 g/mol. The highest BCUT2D eigenvalue weighted by molar-refractivity contribution is 5.85. The maximum absolute atomic E-state index is 12.2. The van der Waals surface area contributed by atoms with E-state index in [1.54, 1.807) is 0 Å². The summed E-state index contributed by atoms with van der Waals surface area (Å²) in [6.07, 6.45) is 4.47. The van der Waals surface area contributed by atoms with Gasteiger partial charge in [-0.3, -0.25) is 4.79 Å². The number of nitrogens with one attached hydrogen (secondary N) is 1. The van der Waals surface area contributed by atoms with Crippen LogP contribution in [0.3, 0.4) is 0 Å². The Hall–Kier alpha value is -1.63. The lowest BCUT2D eigenvalue weighted by Crippen LogP contribution is -2.34. The van der Waals surface area contributed by atoms with Crippen molar-refractivity contribution < 1.29 is 4.79 Å². The lowest BCUT2D eigenvalue weighted by atomic mass is 10.1. The standard InChI is InChI=1S/C16H21N5O.2ClH/c17-15(12-7-3-1-4-8-12)16(22)18-11-14-20-19-13-9-5-2-6-10-21(13)14;;/h1,3-4,7-8,15H,2,5-6,9-11,17H2,(H,18,22);2*1H. The van der Waals surface area contributed by atoms with Crippen molar-refractivity contribution in [3.63, 3.8) is 0 Å². The Kier molecular flexibility index (Phi) is 8.18. The molecule has 0 saturated heterocycles. The van der Waals surface area contributed by atoms with Crippen molar-refractivity contribution in [1.29, 1.82) is 0 Å². The molecule has 6 nitrogen and oxygen atoms in total. The number of amides is 1. The zero-order chi connectivity index (χ0) is 15.4. The molecular formula is C16H23Cl2N5O. The zero-order valence-electron chi connectivity index (χ0n) is 13.4. The smallest absolute Gasteiger partial charge is 0.241 e. The summed E-state index contributed by atoms with van der Waals surface area (Å²) in [7, 11) is 0.